The van der Waals surface area contributed by atoms with Crippen LogP contribution in [0.15, 0.2) is 40.1 Å². The van der Waals surface area contributed by atoms with E-state index in [2.05, 4.69) is 16.4 Å². The van der Waals surface area contributed by atoms with Crippen molar-refractivity contribution in [1.29, 1.82) is 5.26 Å². The number of rotatable bonds is 2. The Labute approximate surface area is 120 Å². The number of oxazole rings is 1. The van der Waals surface area contributed by atoms with Crippen molar-refractivity contribution < 1.29 is 8.81 Å². The fourth-order valence-corrected chi connectivity index (χ4v) is 2.43. The molecule has 0 saturated heterocycles. The number of hydrogen-bond acceptors (Lipinski definition) is 5. The molecule has 0 aliphatic carbocycles. The lowest BCUT2D eigenvalue weighted by molar-refractivity contribution is 0.514. The normalized spacial score (nSPS) is 17.1. The fraction of sp³-hybridized carbons (Fsp3) is 0.200. The van der Waals surface area contributed by atoms with Crippen LogP contribution < -0.4 is 11.1 Å². The molecule has 0 saturated carbocycles. The van der Waals surface area contributed by atoms with Crippen LogP contribution in [0.5, 0.6) is 0 Å². The number of fused-ring (bicyclic) bond motifs is 1. The first-order valence-electron chi connectivity index (χ1n) is 6.55. The first kappa shape index (κ1) is 13.2. The second-order valence-corrected chi connectivity index (χ2v) is 4.73. The highest BCUT2D eigenvalue weighted by atomic mass is 19.1. The molecule has 6 heteroatoms. The summed E-state index contributed by atoms with van der Waals surface area (Å²) in [6.45, 7) is 1.91. The summed E-state index contributed by atoms with van der Waals surface area (Å²) >= 11 is 0. The predicted molar refractivity (Wildman–Crippen MR) is 74.6 cm³/mol. The van der Waals surface area contributed by atoms with Crippen molar-refractivity contribution >= 4 is 5.88 Å². The zero-order valence-electron chi connectivity index (χ0n) is 11.4. The third-order valence-electron chi connectivity index (χ3n) is 3.40. The van der Waals surface area contributed by atoms with Gasteiger partial charge in [0.05, 0.1) is 17.6 Å². The van der Waals surface area contributed by atoms with Crippen molar-refractivity contribution in [3.8, 4) is 6.07 Å². The molecule has 0 fully saturated rings. The van der Waals surface area contributed by atoms with Crippen molar-refractivity contribution in [2.75, 3.05) is 5.32 Å². The molecule has 0 unspecified atom stereocenters. The van der Waals surface area contributed by atoms with Gasteiger partial charge >= 0.3 is 0 Å². The van der Waals surface area contributed by atoms with Gasteiger partial charge in [0.15, 0.2) is 5.89 Å². The first-order chi connectivity index (χ1) is 10.1. The minimum atomic E-state index is -0.522. The molecule has 0 bridgehead atoms. The van der Waals surface area contributed by atoms with Crippen LogP contribution in [0, 0.1) is 17.1 Å². The fourth-order valence-electron chi connectivity index (χ4n) is 2.43. The van der Waals surface area contributed by atoms with Gasteiger partial charge in [0, 0.05) is 6.42 Å². The van der Waals surface area contributed by atoms with Crippen molar-refractivity contribution in [2.45, 2.75) is 19.3 Å². The largest absolute Gasteiger partial charge is 0.425 e. The Morgan fingerprint density at radius 3 is 3.00 bits per heavy atom. The summed E-state index contributed by atoms with van der Waals surface area (Å²) in [6, 6.07) is 8.15. The maximum Gasteiger partial charge on any atom is 0.223 e. The van der Waals surface area contributed by atoms with Crippen LogP contribution in [0.25, 0.3) is 0 Å². The number of nitrogens with two attached hydrogens (primary N) is 1. The Morgan fingerprint density at radius 2 is 2.33 bits per heavy atom. The highest BCUT2D eigenvalue weighted by Gasteiger charge is 2.33. The standard InChI is InChI=1S/C15H13FN4O/c1-2-11-19-13-12(8-4-3-5-9(16)6-8)10(7-17)14(18)20-15(13)21-11/h3-6,12,20H,2,18H2,1H3/t12-/m0/s1. The third kappa shape index (κ3) is 2.13. The van der Waals surface area contributed by atoms with Gasteiger partial charge in [0.25, 0.3) is 0 Å². The number of nitriles is 1. The summed E-state index contributed by atoms with van der Waals surface area (Å²) in [6.07, 6.45) is 0.617. The lowest BCUT2D eigenvalue weighted by atomic mass is 9.87. The summed E-state index contributed by atoms with van der Waals surface area (Å²) in [4.78, 5) is 4.40. The zero-order valence-corrected chi connectivity index (χ0v) is 11.4. The lowest BCUT2D eigenvalue weighted by Crippen LogP contribution is -2.22. The van der Waals surface area contributed by atoms with Crippen molar-refractivity contribution in [3.05, 3.63) is 58.6 Å². The van der Waals surface area contributed by atoms with E-state index in [0.29, 0.717) is 35.0 Å². The molecule has 1 aliphatic heterocycles. The van der Waals surface area contributed by atoms with E-state index in [1.165, 1.54) is 12.1 Å². The van der Waals surface area contributed by atoms with Crippen LogP contribution in [-0.4, -0.2) is 4.98 Å². The SMILES string of the molecule is CCc1nc2c(o1)NC(N)=C(C#N)[C@@H]2c1cccc(F)c1. The highest BCUT2D eigenvalue weighted by molar-refractivity contribution is 5.61. The highest BCUT2D eigenvalue weighted by Crippen LogP contribution is 2.40. The Balaban J connectivity index is 2.20. The molecule has 0 spiro atoms. The summed E-state index contributed by atoms with van der Waals surface area (Å²) < 4.78 is 19.1. The molecular formula is C15H13FN4O. The molecule has 0 radical (unpaired) electrons. The number of anilines is 1. The van der Waals surface area contributed by atoms with E-state index in [-0.39, 0.29) is 11.6 Å². The smallest absolute Gasteiger partial charge is 0.223 e. The maximum absolute atomic E-state index is 13.5. The molecule has 0 amide bonds. The molecule has 1 aromatic carbocycles. The second kappa shape index (κ2) is 4.94. The Kier molecular flexibility index (Phi) is 3.10. The number of hydrogen-bond donors (Lipinski definition) is 2. The van der Waals surface area contributed by atoms with Crippen LogP contribution in [0.2, 0.25) is 0 Å². The van der Waals surface area contributed by atoms with Gasteiger partial charge in [0.1, 0.15) is 17.3 Å². The quantitative estimate of drug-likeness (QED) is 0.885. The average Bonchev–Trinajstić information content (AvgIpc) is 2.88. The van der Waals surface area contributed by atoms with Gasteiger partial charge in [0.2, 0.25) is 5.88 Å². The van der Waals surface area contributed by atoms with Gasteiger partial charge in [-0.2, -0.15) is 5.26 Å². The van der Waals surface area contributed by atoms with E-state index in [9.17, 15) is 9.65 Å². The van der Waals surface area contributed by atoms with E-state index < -0.39 is 5.92 Å². The molecular weight excluding hydrogens is 271 g/mol. The van der Waals surface area contributed by atoms with Gasteiger partial charge in [-0.25, -0.2) is 9.37 Å². The maximum atomic E-state index is 13.5. The van der Waals surface area contributed by atoms with Gasteiger partial charge in [-0.1, -0.05) is 19.1 Å². The van der Waals surface area contributed by atoms with E-state index in [4.69, 9.17) is 10.2 Å². The van der Waals surface area contributed by atoms with Crippen LogP contribution in [-0.2, 0) is 6.42 Å². The lowest BCUT2D eigenvalue weighted by Gasteiger charge is -2.22. The summed E-state index contributed by atoms with van der Waals surface area (Å²) in [5, 5.41) is 12.2. The number of allylic oxidation sites excluding steroid dienone is 1. The van der Waals surface area contributed by atoms with Crippen molar-refractivity contribution in [2.24, 2.45) is 5.73 Å². The average molecular weight is 284 g/mol. The van der Waals surface area contributed by atoms with Crippen LogP contribution in [0.1, 0.15) is 30.0 Å². The number of aromatic nitrogens is 1. The molecule has 5 nitrogen and oxygen atoms in total. The van der Waals surface area contributed by atoms with Gasteiger partial charge < -0.3 is 15.5 Å². The molecule has 3 N–H and O–H groups in total. The molecule has 2 aromatic rings. The van der Waals surface area contributed by atoms with Gasteiger partial charge in [-0.05, 0) is 17.7 Å². The Hall–Kier alpha value is -2.81. The molecule has 106 valence electrons. The number of aryl methyl sites for hydroxylation is 1. The molecule has 2 heterocycles. The van der Waals surface area contributed by atoms with E-state index in [1.54, 1.807) is 12.1 Å². The monoisotopic (exact) mass is 284 g/mol. The first-order valence-corrected chi connectivity index (χ1v) is 6.55. The second-order valence-electron chi connectivity index (χ2n) is 4.73. The molecule has 21 heavy (non-hydrogen) atoms. The molecule has 1 atom stereocenters. The molecule has 1 aromatic heterocycles. The number of benzene rings is 1. The topological polar surface area (TPSA) is 87.9 Å². The Bertz CT molecular complexity index is 772. The number of nitrogens with zero attached hydrogens (tertiary/aromatic N) is 2. The van der Waals surface area contributed by atoms with E-state index >= 15 is 0 Å². The zero-order chi connectivity index (χ0) is 15.0. The van der Waals surface area contributed by atoms with Crippen LogP contribution in [0.4, 0.5) is 10.3 Å². The van der Waals surface area contributed by atoms with Gasteiger partial charge in [-0.15, -0.1) is 0 Å². The van der Waals surface area contributed by atoms with Gasteiger partial charge in [-0.3, -0.25) is 0 Å². The van der Waals surface area contributed by atoms with Crippen LogP contribution >= 0.6 is 0 Å². The number of nitrogens with one attached hydrogen (secondary N) is 1. The van der Waals surface area contributed by atoms with Crippen LogP contribution in [0.3, 0.4) is 0 Å². The van der Waals surface area contributed by atoms with E-state index in [1.807, 2.05) is 6.92 Å². The number of halogens is 1. The Morgan fingerprint density at radius 1 is 1.52 bits per heavy atom. The predicted octanol–water partition coefficient (Wildman–Crippen LogP) is 2.63. The summed E-state index contributed by atoms with van der Waals surface area (Å²) in [5.74, 6) is 0.269. The minimum absolute atomic E-state index is 0.207. The summed E-state index contributed by atoms with van der Waals surface area (Å²) in [7, 11) is 0. The van der Waals surface area contributed by atoms with Crippen molar-refractivity contribution in [3.63, 3.8) is 0 Å². The minimum Gasteiger partial charge on any atom is -0.425 e. The van der Waals surface area contributed by atoms with E-state index in [0.717, 1.165) is 0 Å². The van der Waals surface area contributed by atoms with Crippen molar-refractivity contribution in [1.82, 2.24) is 4.98 Å². The third-order valence-corrected chi connectivity index (χ3v) is 3.40. The molecule has 1 aliphatic rings. The summed E-state index contributed by atoms with van der Waals surface area (Å²) in [5.41, 5.74) is 7.37. The molecule has 3 rings (SSSR count).